The zero-order chi connectivity index (χ0) is 17.2. The fraction of sp³-hybridized carbons (Fsp3) is 0.438. The molecule has 0 saturated carbocycles. The van der Waals surface area contributed by atoms with Crippen molar-refractivity contribution in [2.45, 2.75) is 32.7 Å². The Morgan fingerprint density at radius 3 is 2.61 bits per heavy atom. The van der Waals surface area contributed by atoms with E-state index in [4.69, 9.17) is 5.11 Å². The summed E-state index contributed by atoms with van der Waals surface area (Å²) in [5, 5.41) is 11.4. The third kappa shape index (κ3) is 7.78. The number of halogens is 1. The van der Waals surface area contributed by atoms with Gasteiger partial charge in [0.1, 0.15) is 0 Å². The molecule has 0 atom stereocenters. The molecule has 7 heteroatoms. The predicted octanol–water partition coefficient (Wildman–Crippen LogP) is 2.17. The van der Waals surface area contributed by atoms with Crippen molar-refractivity contribution in [1.29, 1.82) is 0 Å². The van der Waals surface area contributed by atoms with Crippen LogP contribution in [-0.4, -0.2) is 40.9 Å². The molecule has 0 aromatic heterocycles. The predicted molar refractivity (Wildman–Crippen MR) is 89.7 cm³/mol. The number of hydrogen-bond donors (Lipinski definition) is 2. The van der Waals surface area contributed by atoms with Crippen LogP contribution < -0.4 is 5.32 Å². The molecule has 2 N–H and O–H groups in total. The van der Waals surface area contributed by atoms with E-state index >= 15 is 0 Å². The molecule has 6 nitrogen and oxygen atoms in total. The van der Waals surface area contributed by atoms with Gasteiger partial charge in [-0.05, 0) is 24.1 Å². The van der Waals surface area contributed by atoms with Gasteiger partial charge in [-0.3, -0.25) is 14.4 Å². The number of carboxylic acid groups (broad SMARTS) is 1. The molecule has 0 fully saturated rings. The molecule has 2 amide bonds. The van der Waals surface area contributed by atoms with Crippen molar-refractivity contribution in [3.8, 4) is 0 Å². The summed E-state index contributed by atoms with van der Waals surface area (Å²) < 4.78 is 0.886. The smallest absolute Gasteiger partial charge is 0.305 e. The molecular formula is C16H21BrN2O4. The third-order valence-corrected chi connectivity index (χ3v) is 3.62. The number of carbonyl (C=O) groups excluding carboxylic acids is 2. The van der Waals surface area contributed by atoms with Crippen molar-refractivity contribution in [1.82, 2.24) is 10.2 Å². The second-order valence-electron chi connectivity index (χ2n) is 5.12. The zero-order valence-corrected chi connectivity index (χ0v) is 14.6. The van der Waals surface area contributed by atoms with Crippen molar-refractivity contribution in [2.24, 2.45) is 0 Å². The molecular weight excluding hydrogens is 364 g/mol. The number of carboxylic acids is 1. The molecule has 23 heavy (non-hydrogen) atoms. The van der Waals surface area contributed by atoms with Gasteiger partial charge in [0.25, 0.3) is 0 Å². The van der Waals surface area contributed by atoms with Gasteiger partial charge in [0.15, 0.2) is 0 Å². The highest BCUT2D eigenvalue weighted by Gasteiger charge is 2.16. The van der Waals surface area contributed by atoms with Crippen LogP contribution in [0.1, 0.15) is 31.7 Å². The Labute approximate surface area is 144 Å². The Bertz CT molecular complexity index is 563. The van der Waals surface area contributed by atoms with Gasteiger partial charge >= 0.3 is 5.97 Å². The molecule has 0 aliphatic carbocycles. The molecule has 0 heterocycles. The maximum absolute atomic E-state index is 12.3. The third-order valence-electron chi connectivity index (χ3n) is 3.12. The van der Waals surface area contributed by atoms with Crippen LogP contribution >= 0.6 is 15.9 Å². The van der Waals surface area contributed by atoms with E-state index in [0.29, 0.717) is 19.4 Å². The lowest BCUT2D eigenvalue weighted by Gasteiger charge is -2.22. The van der Waals surface area contributed by atoms with Crippen molar-refractivity contribution < 1.29 is 19.5 Å². The topological polar surface area (TPSA) is 86.7 Å². The first-order chi connectivity index (χ1) is 10.9. The van der Waals surface area contributed by atoms with Gasteiger partial charge in [0, 0.05) is 24.0 Å². The quantitative estimate of drug-likeness (QED) is 0.682. The first-order valence-electron chi connectivity index (χ1n) is 7.43. The van der Waals surface area contributed by atoms with E-state index in [1.807, 2.05) is 31.2 Å². The number of aliphatic carboxylic acids is 1. The van der Waals surface area contributed by atoms with Gasteiger partial charge in [0.05, 0.1) is 13.0 Å². The fourth-order valence-corrected chi connectivity index (χ4v) is 2.43. The molecule has 1 aromatic rings. The molecule has 0 spiro atoms. The average molecular weight is 385 g/mol. The monoisotopic (exact) mass is 384 g/mol. The summed E-state index contributed by atoms with van der Waals surface area (Å²) in [4.78, 5) is 35.9. The lowest BCUT2D eigenvalue weighted by molar-refractivity contribution is -0.139. The number of carbonyl (C=O) groups is 3. The van der Waals surface area contributed by atoms with Crippen molar-refractivity contribution in [3.05, 3.63) is 34.3 Å². The zero-order valence-electron chi connectivity index (χ0n) is 13.0. The van der Waals surface area contributed by atoms with E-state index in [-0.39, 0.29) is 31.3 Å². The second-order valence-corrected chi connectivity index (χ2v) is 6.03. The lowest BCUT2D eigenvalue weighted by atomic mass is 10.2. The second kappa shape index (κ2) is 9.99. The summed E-state index contributed by atoms with van der Waals surface area (Å²) in [7, 11) is 0. The van der Waals surface area contributed by atoms with E-state index < -0.39 is 5.97 Å². The summed E-state index contributed by atoms with van der Waals surface area (Å²) in [5.74, 6) is -1.44. The molecule has 126 valence electrons. The minimum absolute atomic E-state index is 0.102. The largest absolute Gasteiger partial charge is 0.481 e. The van der Waals surface area contributed by atoms with Crippen LogP contribution in [0.15, 0.2) is 28.7 Å². The molecule has 0 radical (unpaired) electrons. The average Bonchev–Trinajstić information content (AvgIpc) is 2.49. The van der Waals surface area contributed by atoms with Crippen LogP contribution in [-0.2, 0) is 20.9 Å². The maximum Gasteiger partial charge on any atom is 0.305 e. The summed E-state index contributed by atoms with van der Waals surface area (Å²) >= 11 is 3.36. The lowest BCUT2D eigenvalue weighted by Crippen LogP contribution is -2.40. The Hall–Kier alpha value is -1.89. The highest BCUT2D eigenvalue weighted by Crippen LogP contribution is 2.13. The van der Waals surface area contributed by atoms with Gasteiger partial charge in [-0.2, -0.15) is 0 Å². The van der Waals surface area contributed by atoms with E-state index in [1.165, 1.54) is 4.90 Å². The SMILES string of the molecule is CCCC(=O)NCC(=O)N(CCC(=O)O)Cc1cccc(Br)c1. The molecule has 0 unspecified atom stereocenters. The number of benzene rings is 1. The number of rotatable bonds is 9. The van der Waals surface area contributed by atoms with E-state index in [2.05, 4.69) is 21.2 Å². The summed E-state index contributed by atoms with van der Waals surface area (Å²) in [5.41, 5.74) is 0.887. The van der Waals surface area contributed by atoms with Gasteiger partial charge in [-0.25, -0.2) is 0 Å². The van der Waals surface area contributed by atoms with Crippen molar-refractivity contribution in [2.75, 3.05) is 13.1 Å². The van der Waals surface area contributed by atoms with Gasteiger partial charge in [0.2, 0.25) is 11.8 Å². The van der Waals surface area contributed by atoms with Crippen LogP contribution in [0, 0.1) is 0 Å². The standard InChI is InChI=1S/C16H21BrN2O4/c1-2-4-14(20)18-10-15(21)19(8-7-16(22)23)11-12-5-3-6-13(17)9-12/h3,5-6,9H,2,4,7-8,10-11H2,1H3,(H,18,20)(H,22,23). The number of hydrogen-bond acceptors (Lipinski definition) is 3. The van der Waals surface area contributed by atoms with Crippen LogP contribution in [0.2, 0.25) is 0 Å². The summed E-state index contributed by atoms with van der Waals surface area (Å²) in [6.45, 7) is 2.17. The minimum atomic E-state index is -0.966. The van der Waals surface area contributed by atoms with Crippen LogP contribution in [0.4, 0.5) is 0 Å². The summed E-state index contributed by atoms with van der Waals surface area (Å²) in [6.07, 6.45) is 0.942. The Morgan fingerprint density at radius 2 is 2.00 bits per heavy atom. The molecule has 0 saturated heterocycles. The van der Waals surface area contributed by atoms with E-state index in [1.54, 1.807) is 0 Å². The number of amides is 2. The van der Waals surface area contributed by atoms with Gasteiger partial charge in [-0.15, -0.1) is 0 Å². The Balaban J connectivity index is 2.68. The highest BCUT2D eigenvalue weighted by molar-refractivity contribution is 9.10. The molecule has 0 aliphatic rings. The first kappa shape index (κ1) is 19.2. The Morgan fingerprint density at radius 1 is 1.26 bits per heavy atom. The normalized spacial score (nSPS) is 10.2. The van der Waals surface area contributed by atoms with Crippen molar-refractivity contribution >= 4 is 33.7 Å². The molecule has 0 aliphatic heterocycles. The highest BCUT2D eigenvalue weighted by atomic mass is 79.9. The Kier molecular flexibility index (Phi) is 8.32. The van der Waals surface area contributed by atoms with E-state index in [0.717, 1.165) is 10.0 Å². The molecule has 1 rings (SSSR count). The molecule has 0 bridgehead atoms. The van der Waals surface area contributed by atoms with Crippen LogP contribution in [0.25, 0.3) is 0 Å². The van der Waals surface area contributed by atoms with E-state index in [9.17, 15) is 14.4 Å². The van der Waals surface area contributed by atoms with Gasteiger partial charge in [-0.1, -0.05) is 35.0 Å². The van der Waals surface area contributed by atoms with Gasteiger partial charge < -0.3 is 15.3 Å². The van der Waals surface area contributed by atoms with Crippen molar-refractivity contribution in [3.63, 3.8) is 0 Å². The van der Waals surface area contributed by atoms with Crippen LogP contribution in [0.3, 0.4) is 0 Å². The molecule has 1 aromatic carbocycles. The maximum atomic E-state index is 12.3. The number of nitrogens with zero attached hydrogens (tertiary/aromatic N) is 1. The summed E-state index contributed by atoms with van der Waals surface area (Å²) in [6, 6.07) is 7.46. The van der Waals surface area contributed by atoms with Crippen LogP contribution in [0.5, 0.6) is 0 Å². The fourth-order valence-electron chi connectivity index (χ4n) is 1.98. The number of nitrogens with one attached hydrogen (secondary N) is 1. The first-order valence-corrected chi connectivity index (χ1v) is 8.22. The minimum Gasteiger partial charge on any atom is -0.481 e.